The van der Waals surface area contributed by atoms with E-state index in [0.717, 1.165) is 29.7 Å². The second kappa shape index (κ2) is 6.75. The topological polar surface area (TPSA) is 43.4 Å². The lowest BCUT2D eigenvalue weighted by Crippen LogP contribution is -2.07. The maximum atomic E-state index is 11.8. The van der Waals surface area contributed by atoms with Gasteiger partial charge in [-0.2, -0.15) is 0 Å². The van der Waals surface area contributed by atoms with Gasteiger partial charge >= 0.3 is 5.97 Å². The lowest BCUT2D eigenvalue weighted by Gasteiger charge is -2.04. The van der Waals surface area contributed by atoms with Crippen molar-refractivity contribution in [2.45, 2.75) is 31.1 Å². The van der Waals surface area contributed by atoms with E-state index in [1.54, 1.807) is 0 Å². The van der Waals surface area contributed by atoms with Crippen LogP contribution in [0.4, 0.5) is 0 Å². The van der Waals surface area contributed by atoms with E-state index >= 15 is 0 Å². The summed E-state index contributed by atoms with van der Waals surface area (Å²) in [5.41, 5.74) is 0.778. The molecule has 1 aromatic carbocycles. The molecule has 102 valence electrons. The highest BCUT2D eigenvalue weighted by Crippen LogP contribution is 2.33. The number of hydrogen-bond donors (Lipinski definition) is 0. The predicted octanol–water partition coefficient (Wildman–Crippen LogP) is 3.32. The van der Waals surface area contributed by atoms with Crippen molar-refractivity contribution < 1.29 is 14.3 Å². The van der Waals surface area contributed by atoms with E-state index in [1.807, 2.05) is 31.2 Å². The average molecular weight is 278 g/mol. The highest BCUT2D eigenvalue weighted by Gasteiger charge is 2.30. The summed E-state index contributed by atoms with van der Waals surface area (Å²) in [5.74, 6) is 0.627. The van der Waals surface area contributed by atoms with Crippen LogP contribution in [0.1, 0.15) is 36.5 Å². The highest BCUT2D eigenvalue weighted by atomic mass is 32.2. The average Bonchev–Trinajstić information content (AvgIpc) is 3.27. The number of hydrogen-bond acceptors (Lipinski definition) is 4. The normalized spacial score (nSPS) is 14.2. The lowest BCUT2D eigenvalue weighted by molar-refractivity contribution is -0.140. The van der Waals surface area contributed by atoms with Crippen LogP contribution in [-0.2, 0) is 9.53 Å². The Morgan fingerprint density at radius 1 is 1.26 bits per heavy atom. The minimum absolute atomic E-state index is 0.190. The van der Waals surface area contributed by atoms with Crippen molar-refractivity contribution in [2.24, 2.45) is 5.92 Å². The number of ketones is 1. The number of benzene rings is 1. The molecule has 1 aliphatic carbocycles. The van der Waals surface area contributed by atoms with Crippen LogP contribution in [0.3, 0.4) is 0 Å². The number of Topliss-reactive ketones (excluding diaryl/α,β-unsaturated/α-hetero) is 1. The lowest BCUT2D eigenvalue weighted by atomic mass is 10.1. The summed E-state index contributed by atoms with van der Waals surface area (Å²) in [5, 5.41) is 0. The van der Waals surface area contributed by atoms with Gasteiger partial charge in [0.2, 0.25) is 0 Å². The Labute approximate surface area is 117 Å². The van der Waals surface area contributed by atoms with Crippen LogP contribution in [0.5, 0.6) is 0 Å². The van der Waals surface area contributed by atoms with Crippen LogP contribution in [-0.4, -0.2) is 24.1 Å². The molecule has 1 aliphatic rings. The summed E-state index contributed by atoms with van der Waals surface area (Å²) in [6, 6.07) is 7.49. The molecule has 0 radical (unpaired) electrons. The Bertz CT molecular complexity index is 449. The number of thioether (sulfide) groups is 1. The monoisotopic (exact) mass is 278 g/mol. The van der Waals surface area contributed by atoms with Crippen molar-refractivity contribution in [1.82, 2.24) is 0 Å². The zero-order valence-electron chi connectivity index (χ0n) is 11.1. The summed E-state index contributed by atoms with van der Waals surface area (Å²) in [4.78, 5) is 24.2. The molecule has 0 aromatic heterocycles. The van der Waals surface area contributed by atoms with Crippen molar-refractivity contribution in [3.8, 4) is 0 Å². The van der Waals surface area contributed by atoms with Gasteiger partial charge in [-0.1, -0.05) is 19.1 Å². The van der Waals surface area contributed by atoms with Crippen LogP contribution in [0, 0.1) is 5.92 Å². The second-order valence-electron chi connectivity index (χ2n) is 4.67. The minimum Gasteiger partial charge on any atom is -0.465 e. The Morgan fingerprint density at radius 2 is 1.95 bits per heavy atom. The first-order valence-electron chi connectivity index (χ1n) is 6.63. The van der Waals surface area contributed by atoms with Crippen LogP contribution in [0.2, 0.25) is 0 Å². The molecule has 0 bridgehead atoms. The molecule has 0 unspecified atom stereocenters. The van der Waals surface area contributed by atoms with Gasteiger partial charge in [-0.05, 0) is 31.4 Å². The van der Waals surface area contributed by atoms with Gasteiger partial charge in [0.05, 0.1) is 12.4 Å². The van der Waals surface area contributed by atoms with E-state index in [2.05, 4.69) is 0 Å². The van der Waals surface area contributed by atoms with Gasteiger partial charge in [0, 0.05) is 16.4 Å². The van der Waals surface area contributed by atoms with Gasteiger partial charge in [-0.15, -0.1) is 11.8 Å². The third-order valence-electron chi connectivity index (χ3n) is 2.91. The molecule has 0 N–H and O–H groups in total. The number of rotatable bonds is 7. The Kier molecular flexibility index (Phi) is 5.02. The smallest absolute Gasteiger partial charge is 0.316 e. The molecule has 0 aliphatic heterocycles. The fourth-order valence-electron chi connectivity index (χ4n) is 1.70. The molecule has 0 atom stereocenters. The van der Waals surface area contributed by atoms with E-state index in [4.69, 9.17) is 4.74 Å². The van der Waals surface area contributed by atoms with Crippen molar-refractivity contribution in [1.29, 1.82) is 0 Å². The Morgan fingerprint density at radius 3 is 2.53 bits per heavy atom. The summed E-state index contributed by atoms with van der Waals surface area (Å²) in [6.45, 7) is 2.45. The first kappa shape index (κ1) is 14.1. The van der Waals surface area contributed by atoms with E-state index in [-0.39, 0.29) is 17.7 Å². The van der Waals surface area contributed by atoms with Crippen molar-refractivity contribution in [2.75, 3.05) is 12.4 Å². The van der Waals surface area contributed by atoms with Crippen LogP contribution < -0.4 is 0 Å². The number of carbonyl (C=O) groups is 2. The molecule has 1 aromatic rings. The fourth-order valence-corrected chi connectivity index (χ4v) is 2.39. The first-order valence-corrected chi connectivity index (χ1v) is 7.62. The summed E-state index contributed by atoms with van der Waals surface area (Å²) < 4.78 is 5.00. The zero-order valence-corrected chi connectivity index (χ0v) is 11.9. The standard InChI is InChI=1S/C15H18O3S/c1-2-9-18-14(16)10-19-13-7-5-12(6-8-13)15(17)11-3-4-11/h5-8,11H,2-4,9-10H2,1H3. The largest absolute Gasteiger partial charge is 0.465 e. The molecular formula is C15H18O3S. The number of carbonyl (C=O) groups excluding carboxylic acids is 2. The molecule has 0 spiro atoms. The summed E-state index contributed by atoms with van der Waals surface area (Å²) in [7, 11) is 0. The third-order valence-corrected chi connectivity index (χ3v) is 3.90. The molecule has 19 heavy (non-hydrogen) atoms. The van der Waals surface area contributed by atoms with Gasteiger partial charge in [0.1, 0.15) is 0 Å². The molecule has 3 nitrogen and oxygen atoms in total. The Balaban J connectivity index is 1.81. The quantitative estimate of drug-likeness (QED) is 0.436. The molecule has 1 saturated carbocycles. The van der Waals surface area contributed by atoms with E-state index in [0.29, 0.717) is 12.4 Å². The fraction of sp³-hybridized carbons (Fsp3) is 0.467. The van der Waals surface area contributed by atoms with Gasteiger partial charge in [0.25, 0.3) is 0 Å². The molecule has 4 heteroatoms. The number of ether oxygens (including phenoxy) is 1. The summed E-state index contributed by atoms with van der Waals surface area (Å²) in [6.07, 6.45) is 2.89. The van der Waals surface area contributed by atoms with Gasteiger partial charge in [0.15, 0.2) is 5.78 Å². The van der Waals surface area contributed by atoms with Crippen LogP contribution in [0.25, 0.3) is 0 Å². The minimum atomic E-state index is -0.190. The third kappa shape index (κ3) is 4.39. The van der Waals surface area contributed by atoms with Crippen molar-refractivity contribution in [3.05, 3.63) is 29.8 Å². The molecule has 0 heterocycles. The molecule has 1 fully saturated rings. The van der Waals surface area contributed by atoms with Crippen molar-refractivity contribution >= 4 is 23.5 Å². The highest BCUT2D eigenvalue weighted by molar-refractivity contribution is 8.00. The van der Waals surface area contributed by atoms with E-state index in [9.17, 15) is 9.59 Å². The van der Waals surface area contributed by atoms with Crippen molar-refractivity contribution in [3.63, 3.8) is 0 Å². The van der Waals surface area contributed by atoms with Gasteiger partial charge < -0.3 is 4.74 Å². The van der Waals surface area contributed by atoms with Gasteiger partial charge in [-0.25, -0.2) is 0 Å². The molecule has 0 saturated heterocycles. The SMILES string of the molecule is CCCOC(=O)CSc1ccc(C(=O)C2CC2)cc1. The van der Waals surface area contributed by atoms with E-state index in [1.165, 1.54) is 11.8 Å². The summed E-state index contributed by atoms with van der Waals surface area (Å²) >= 11 is 1.44. The molecule has 2 rings (SSSR count). The number of esters is 1. The predicted molar refractivity (Wildman–Crippen MR) is 75.5 cm³/mol. The Hall–Kier alpha value is -1.29. The second-order valence-corrected chi connectivity index (χ2v) is 5.72. The maximum Gasteiger partial charge on any atom is 0.316 e. The maximum absolute atomic E-state index is 11.8. The zero-order chi connectivity index (χ0) is 13.7. The van der Waals surface area contributed by atoms with E-state index < -0.39 is 0 Å². The molecular weight excluding hydrogens is 260 g/mol. The van der Waals surface area contributed by atoms with Crippen LogP contribution in [0.15, 0.2) is 29.2 Å². The molecule has 0 amide bonds. The van der Waals surface area contributed by atoms with Crippen LogP contribution >= 0.6 is 11.8 Å². The first-order chi connectivity index (χ1) is 9.20. The van der Waals surface area contributed by atoms with Gasteiger partial charge in [-0.3, -0.25) is 9.59 Å².